The van der Waals surface area contributed by atoms with Gasteiger partial charge in [0.1, 0.15) is 12.6 Å². The Morgan fingerprint density at radius 3 is 2.86 bits per heavy atom. The Kier molecular flexibility index (Phi) is 4.50. The van der Waals surface area contributed by atoms with Crippen LogP contribution in [0.2, 0.25) is 0 Å². The van der Waals surface area contributed by atoms with Gasteiger partial charge < -0.3 is 19.1 Å². The minimum absolute atomic E-state index is 0.209. The summed E-state index contributed by atoms with van der Waals surface area (Å²) in [6.45, 7) is 0.445. The highest BCUT2D eigenvalue weighted by Gasteiger charge is 2.47. The first kappa shape index (κ1) is 17.3. The van der Waals surface area contributed by atoms with Gasteiger partial charge in [0.15, 0.2) is 11.5 Å². The first-order valence-electron chi connectivity index (χ1n) is 9.90. The summed E-state index contributed by atoms with van der Waals surface area (Å²) in [5, 5.41) is 0. The van der Waals surface area contributed by atoms with Gasteiger partial charge in [0.25, 0.3) is 0 Å². The molecule has 28 heavy (non-hydrogen) atoms. The van der Waals surface area contributed by atoms with Crippen molar-refractivity contribution in [1.82, 2.24) is 9.97 Å². The van der Waals surface area contributed by atoms with Crippen molar-refractivity contribution in [2.75, 3.05) is 11.7 Å². The summed E-state index contributed by atoms with van der Waals surface area (Å²) in [6.07, 6.45) is 8.91. The van der Waals surface area contributed by atoms with Gasteiger partial charge in [0, 0.05) is 18.4 Å². The molecule has 7 heteroatoms. The number of hydrogen-bond acceptors (Lipinski definition) is 7. The molecule has 7 nitrogen and oxygen atoms in total. The van der Waals surface area contributed by atoms with Gasteiger partial charge in [-0.25, -0.2) is 14.8 Å². The standard InChI is InChI=1S/C21H23N3O4/c25-20(26-12-14-6-7-18-19(10-14)28-13-27-18)17-11-15-4-1-2-5-16(15)24(17)21-22-8-3-9-23-21/h3,6-10,15-17H,1-2,4-5,11-13H2/t15-,16+,17-/m0/s1. The molecule has 1 aliphatic carbocycles. The minimum Gasteiger partial charge on any atom is -0.459 e. The van der Waals surface area contributed by atoms with Crippen molar-refractivity contribution in [2.45, 2.75) is 50.8 Å². The summed E-state index contributed by atoms with van der Waals surface area (Å²) in [5.41, 5.74) is 0.885. The van der Waals surface area contributed by atoms with E-state index in [1.54, 1.807) is 18.5 Å². The molecule has 3 heterocycles. The van der Waals surface area contributed by atoms with Gasteiger partial charge in [-0.05, 0) is 48.9 Å². The average molecular weight is 381 g/mol. The fourth-order valence-corrected chi connectivity index (χ4v) is 4.66. The van der Waals surface area contributed by atoms with Crippen LogP contribution >= 0.6 is 0 Å². The molecule has 146 valence electrons. The average Bonchev–Trinajstić information content (AvgIpc) is 3.36. The Labute approximate surface area is 163 Å². The monoisotopic (exact) mass is 381 g/mol. The predicted octanol–water partition coefficient (Wildman–Crippen LogP) is 3.09. The van der Waals surface area contributed by atoms with Gasteiger partial charge in [-0.2, -0.15) is 0 Å². The fraction of sp³-hybridized carbons (Fsp3) is 0.476. The molecule has 1 saturated carbocycles. The number of benzene rings is 1. The molecule has 2 aromatic rings. The summed E-state index contributed by atoms with van der Waals surface area (Å²) >= 11 is 0. The summed E-state index contributed by atoms with van der Waals surface area (Å²) in [6, 6.07) is 7.39. The number of anilines is 1. The largest absolute Gasteiger partial charge is 0.459 e. The molecule has 0 amide bonds. The van der Waals surface area contributed by atoms with Gasteiger partial charge in [0.05, 0.1) is 0 Å². The minimum atomic E-state index is -0.329. The van der Waals surface area contributed by atoms with Crippen LogP contribution in [-0.4, -0.2) is 34.8 Å². The zero-order valence-electron chi connectivity index (χ0n) is 15.6. The highest BCUT2D eigenvalue weighted by Crippen LogP contribution is 2.41. The van der Waals surface area contributed by atoms with Crippen LogP contribution in [0.5, 0.6) is 11.5 Å². The lowest BCUT2D eigenvalue weighted by molar-refractivity contribution is -0.146. The van der Waals surface area contributed by atoms with Crippen molar-refractivity contribution in [3.05, 3.63) is 42.2 Å². The Balaban J connectivity index is 1.32. The molecule has 2 aliphatic heterocycles. The maximum Gasteiger partial charge on any atom is 0.329 e. The molecule has 3 atom stereocenters. The Hall–Kier alpha value is -2.83. The zero-order valence-corrected chi connectivity index (χ0v) is 15.6. The molecule has 2 fully saturated rings. The van der Waals surface area contributed by atoms with Crippen LogP contribution in [0.1, 0.15) is 37.7 Å². The van der Waals surface area contributed by atoms with Crippen LogP contribution in [-0.2, 0) is 16.1 Å². The second kappa shape index (κ2) is 7.30. The molecule has 3 aliphatic rings. The molecule has 0 bridgehead atoms. The summed E-state index contributed by atoms with van der Waals surface area (Å²) in [5.74, 6) is 2.34. The van der Waals surface area contributed by atoms with Crippen molar-refractivity contribution in [1.29, 1.82) is 0 Å². The van der Waals surface area contributed by atoms with Gasteiger partial charge in [0.2, 0.25) is 12.7 Å². The Morgan fingerprint density at radius 2 is 1.96 bits per heavy atom. The number of rotatable bonds is 4. The van der Waals surface area contributed by atoms with Crippen molar-refractivity contribution in [2.24, 2.45) is 5.92 Å². The van der Waals surface area contributed by atoms with E-state index in [1.807, 2.05) is 18.2 Å². The van der Waals surface area contributed by atoms with E-state index >= 15 is 0 Å². The number of aromatic nitrogens is 2. The molecule has 0 N–H and O–H groups in total. The number of fused-ring (bicyclic) bond motifs is 2. The second-order valence-electron chi connectivity index (χ2n) is 7.61. The van der Waals surface area contributed by atoms with Crippen molar-refractivity contribution in [3.8, 4) is 11.5 Å². The lowest BCUT2D eigenvalue weighted by Crippen LogP contribution is -2.44. The normalized spacial score (nSPS) is 25.4. The number of nitrogens with zero attached hydrogens (tertiary/aromatic N) is 3. The first-order chi connectivity index (χ1) is 13.8. The Morgan fingerprint density at radius 1 is 1.14 bits per heavy atom. The molecule has 1 aromatic carbocycles. The summed E-state index contributed by atoms with van der Waals surface area (Å²) in [7, 11) is 0. The molecule has 0 radical (unpaired) electrons. The van der Waals surface area contributed by atoms with E-state index in [1.165, 1.54) is 12.8 Å². The van der Waals surface area contributed by atoms with E-state index in [4.69, 9.17) is 14.2 Å². The van der Waals surface area contributed by atoms with Crippen LogP contribution in [0.15, 0.2) is 36.7 Å². The quantitative estimate of drug-likeness (QED) is 0.754. The molecular weight excluding hydrogens is 358 g/mol. The summed E-state index contributed by atoms with van der Waals surface area (Å²) in [4.78, 5) is 23.9. The van der Waals surface area contributed by atoms with Crippen LogP contribution in [0.25, 0.3) is 0 Å². The highest BCUT2D eigenvalue weighted by molar-refractivity contribution is 5.80. The fourth-order valence-electron chi connectivity index (χ4n) is 4.66. The van der Waals surface area contributed by atoms with Crippen LogP contribution in [0, 0.1) is 5.92 Å². The molecule has 5 rings (SSSR count). The molecule has 0 unspecified atom stereocenters. The second-order valence-corrected chi connectivity index (χ2v) is 7.61. The third kappa shape index (κ3) is 3.15. The van der Waals surface area contributed by atoms with Crippen LogP contribution in [0.3, 0.4) is 0 Å². The number of carbonyl (C=O) groups excluding carboxylic acids is 1. The smallest absolute Gasteiger partial charge is 0.329 e. The maximum atomic E-state index is 13.0. The van der Waals surface area contributed by atoms with Gasteiger partial charge >= 0.3 is 5.97 Å². The Bertz CT molecular complexity index is 860. The predicted molar refractivity (Wildman–Crippen MR) is 101 cm³/mol. The third-order valence-electron chi connectivity index (χ3n) is 5.96. The molecule has 1 saturated heterocycles. The lowest BCUT2D eigenvalue weighted by Gasteiger charge is -2.33. The van der Waals surface area contributed by atoms with E-state index < -0.39 is 0 Å². The van der Waals surface area contributed by atoms with Crippen LogP contribution < -0.4 is 14.4 Å². The van der Waals surface area contributed by atoms with Crippen molar-refractivity contribution >= 4 is 11.9 Å². The number of esters is 1. The van der Waals surface area contributed by atoms with E-state index in [0.717, 1.165) is 30.6 Å². The number of ether oxygens (including phenoxy) is 3. The molecule has 1 aromatic heterocycles. The van der Waals surface area contributed by atoms with Crippen molar-refractivity contribution < 1.29 is 19.0 Å². The third-order valence-corrected chi connectivity index (χ3v) is 5.96. The number of hydrogen-bond donors (Lipinski definition) is 0. The van der Waals surface area contributed by atoms with E-state index in [9.17, 15) is 4.79 Å². The lowest BCUT2D eigenvalue weighted by atomic mass is 9.85. The van der Waals surface area contributed by atoms with E-state index in [-0.39, 0.29) is 25.4 Å². The van der Waals surface area contributed by atoms with Crippen LogP contribution in [0.4, 0.5) is 5.95 Å². The highest BCUT2D eigenvalue weighted by atomic mass is 16.7. The van der Waals surface area contributed by atoms with E-state index in [2.05, 4.69) is 14.9 Å². The first-order valence-corrected chi connectivity index (χ1v) is 9.90. The van der Waals surface area contributed by atoms with Gasteiger partial charge in [-0.3, -0.25) is 0 Å². The van der Waals surface area contributed by atoms with Gasteiger partial charge in [-0.15, -0.1) is 0 Å². The zero-order chi connectivity index (χ0) is 18.9. The van der Waals surface area contributed by atoms with Crippen molar-refractivity contribution in [3.63, 3.8) is 0 Å². The molecular formula is C21H23N3O4. The SMILES string of the molecule is O=C(OCc1ccc2c(c1)OCO2)[C@@H]1C[C@@H]2CCCC[C@H]2N1c1ncccn1. The topological polar surface area (TPSA) is 73.8 Å². The van der Waals surface area contributed by atoms with E-state index in [0.29, 0.717) is 23.7 Å². The maximum absolute atomic E-state index is 13.0. The summed E-state index contributed by atoms with van der Waals surface area (Å²) < 4.78 is 16.4. The number of carbonyl (C=O) groups is 1. The van der Waals surface area contributed by atoms with Gasteiger partial charge in [-0.1, -0.05) is 18.9 Å². The molecule has 0 spiro atoms.